The average molecular weight is 296 g/mol. The SMILES string of the molecule is CCCn1cc(CN(CC)Cc2ccc3[nH]ccc3c2)cn1. The lowest BCUT2D eigenvalue weighted by molar-refractivity contribution is 0.271. The van der Waals surface area contributed by atoms with Gasteiger partial charge in [-0.1, -0.05) is 19.9 Å². The number of aryl methyl sites for hydroxylation is 1. The number of hydrogen-bond acceptors (Lipinski definition) is 2. The number of nitrogens with one attached hydrogen (secondary N) is 1. The predicted octanol–water partition coefficient (Wildman–Crippen LogP) is 3.80. The summed E-state index contributed by atoms with van der Waals surface area (Å²) in [5.74, 6) is 0. The van der Waals surface area contributed by atoms with Gasteiger partial charge < -0.3 is 4.98 Å². The maximum atomic E-state index is 4.42. The van der Waals surface area contributed by atoms with Crippen LogP contribution in [-0.4, -0.2) is 26.2 Å². The minimum Gasteiger partial charge on any atom is -0.361 e. The van der Waals surface area contributed by atoms with Crippen LogP contribution >= 0.6 is 0 Å². The molecule has 0 amide bonds. The molecule has 0 saturated carbocycles. The van der Waals surface area contributed by atoms with E-state index in [0.717, 1.165) is 32.6 Å². The highest BCUT2D eigenvalue weighted by Gasteiger charge is 2.07. The van der Waals surface area contributed by atoms with Crippen LogP contribution in [-0.2, 0) is 19.6 Å². The Morgan fingerprint density at radius 1 is 1.14 bits per heavy atom. The van der Waals surface area contributed by atoms with Crippen molar-refractivity contribution < 1.29 is 0 Å². The fraction of sp³-hybridized carbons (Fsp3) is 0.389. The molecule has 3 rings (SSSR count). The highest BCUT2D eigenvalue weighted by molar-refractivity contribution is 5.79. The van der Waals surface area contributed by atoms with Crippen molar-refractivity contribution >= 4 is 10.9 Å². The van der Waals surface area contributed by atoms with E-state index in [4.69, 9.17) is 0 Å². The summed E-state index contributed by atoms with van der Waals surface area (Å²) in [6.07, 6.45) is 7.28. The van der Waals surface area contributed by atoms with Gasteiger partial charge in [0, 0.05) is 43.1 Å². The van der Waals surface area contributed by atoms with Gasteiger partial charge in [-0.25, -0.2) is 0 Å². The first-order valence-corrected chi connectivity index (χ1v) is 8.08. The van der Waals surface area contributed by atoms with Gasteiger partial charge >= 0.3 is 0 Å². The van der Waals surface area contributed by atoms with Crippen LogP contribution in [0.1, 0.15) is 31.4 Å². The standard InChI is InChI=1S/C18H24N4/c1-3-9-22-14-16(11-20-22)13-21(4-2)12-15-5-6-18-17(10-15)7-8-19-18/h5-8,10-11,14,19H,3-4,9,12-13H2,1-2H3. The molecule has 3 aromatic rings. The quantitative estimate of drug-likeness (QED) is 0.720. The molecule has 116 valence electrons. The highest BCUT2D eigenvalue weighted by Crippen LogP contribution is 2.16. The number of aromatic amines is 1. The summed E-state index contributed by atoms with van der Waals surface area (Å²) in [6.45, 7) is 8.34. The fourth-order valence-electron chi connectivity index (χ4n) is 2.84. The summed E-state index contributed by atoms with van der Waals surface area (Å²) < 4.78 is 2.04. The number of rotatable bonds is 7. The van der Waals surface area contributed by atoms with Crippen LogP contribution in [0.25, 0.3) is 10.9 Å². The van der Waals surface area contributed by atoms with Crippen LogP contribution in [0.5, 0.6) is 0 Å². The van der Waals surface area contributed by atoms with Crippen molar-refractivity contribution in [3.05, 3.63) is 54.0 Å². The number of nitrogens with zero attached hydrogens (tertiary/aromatic N) is 3. The number of benzene rings is 1. The molecule has 1 aromatic carbocycles. The molecule has 4 heteroatoms. The smallest absolute Gasteiger partial charge is 0.0534 e. The van der Waals surface area contributed by atoms with Gasteiger partial charge in [0.15, 0.2) is 0 Å². The van der Waals surface area contributed by atoms with E-state index in [1.54, 1.807) is 0 Å². The molecule has 0 saturated heterocycles. The minimum atomic E-state index is 0.950. The van der Waals surface area contributed by atoms with Gasteiger partial charge in [-0.15, -0.1) is 0 Å². The van der Waals surface area contributed by atoms with E-state index in [2.05, 4.69) is 59.3 Å². The largest absolute Gasteiger partial charge is 0.361 e. The van der Waals surface area contributed by atoms with E-state index >= 15 is 0 Å². The summed E-state index contributed by atoms with van der Waals surface area (Å²) in [4.78, 5) is 5.69. The number of H-pyrrole nitrogens is 1. The lowest BCUT2D eigenvalue weighted by atomic mass is 10.1. The molecule has 2 aromatic heterocycles. The van der Waals surface area contributed by atoms with Crippen LogP contribution in [0, 0.1) is 0 Å². The molecule has 0 spiro atoms. The normalized spacial score (nSPS) is 11.6. The monoisotopic (exact) mass is 296 g/mol. The molecular weight excluding hydrogens is 272 g/mol. The van der Waals surface area contributed by atoms with E-state index in [-0.39, 0.29) is 0 Å². The third-order valence-electron chi connectivity index (χ3n) is 4.02. The first-order chi connectivity index (χ1) is 10.8. The first kappa shape index (κ1) is 14.9. The van der Waals surface area contributed by atoms with Crippen molar-refractivity contribution in [1.29, 1.82) is 0 Å². The Balaban J connectivity index is 1.67. The van der Waals surface area contributed by atoms with Crippen LogP contribution in [0.15, 0.2) is 42.9 Å². The zero-order valence-electron chi connectivity index (χ0n) is 13.4. The summed E-state index contributed by atoms with van der Waals surface area (Å²) >= 11 is 0. The fourth-order valence-corrected chi connectivity index (χ4v) is 2.84. The van der Waals surface area contributed by atoms with Crippen molar-refractivity contribution in [3.63, 3.8) is 0 Å². The number of hydrogen-bond donors (Lipinski definition) is 1. The molecule has 0 aliphatic carbocycles. The second-order valence-corrected chi connectivity index (χ2v) is 5.81. The van der Waals surface area contributed by atoms with Crippen molar-refractivity contribution in [3.8, 4) is 0 Å². The van der Waals surface area contributed by atoms with E-state index in [1.807, 2.05) is 17.1 Å². The van der Waals surface area contributed by atoms with E-state index in [0.29, 0.717) is 0 Å². The van der Waals surface area contributed by atoms with Crippen LogP contribution in [0.4, 0.5) is 0 Å². The van der Waals surface area contributed by atoms with Gasteiger partial charge in [0.05, 0.1) is 6.20 Å². The summed E-state index contributed by atoms with van der Waals surface area (Å²) in [6, 6.07) is 8.78. The molecule has 0 aliphatic heterocycles. The van der Waals surface area contributed by atoms with Gasteiger partial charge in [-0.2, -0.15) is 5.10 Å². The Morgan fingerprint density at radius 2 is 2.00 bits per heavy atom. The zero-order valence-corrected chi connectivity index (χ0v) is 13.4. The molecule has 0 radical (unpaired) electrons. The molecule has 0 bridgehead atoms. The van der Waals surface area contributed by atoms with Gasteiger partial charge in [0.2, 0.25) is 0 Å². The number of aromatic nitrogens is 3. The zero-order chi connectivity index (χ0) is 15.4. The van der Waals surface area contributed by atoms with Crippen molar-refractivity contribution in [2.75, 3.05) is 6.54 Å². The molecule has 0 atom stereocenters. The molecule has 4 nitrogen and oxygen atoms in total. The Bertz CT molecular complexity index is 725. The van der Waals surface area contributed by atoms with Gasteiger partial charge in [-0.05, 0) is 42.1 Å². The van der Waals surface area contributed by atoms with Crippen LogP contribution < -0.4 is 0 Å². The van der Waals surface area contributed by atoms with E-state index in [9.17, 15) is 0 Å². The van der Waals surface area contributed by atoms with E-state index < -0.39 is 0 Å². The third kappa shape index (κ3) is 3.39. The van der Waals surface area contributed by atoms with Gasteiger partial charge in [-0.3, -0.25) is 9.58 Å². The molecule has 22 heavy (non-hydrogen) atoms. The molecular formula is C18H24N4. The second kappa shape index (κ2) is 6.79. The minimum absolute atomic E-state index is 0.950. The average Bonchev–Trinajstić information content (AvgIpc) is 3.15. The maximum Gasteiger partial charge on any atom is 0.0534 e. The molecule has 0 aliphatic rings. The van der Waals surface area contributed by atoms with Gasteiger partial charge in [0.25, 0.3) is 0 Å². The first-order valence-electron chi connectivity index (χ1n) is 8.08. The van der Waals surface area contributed by atoms with E-state index in [1.165, 1.54) is 22.0 Å². The number of fused-ring (bicyclic) bond motifs is 1. The van der Waals surface area contributed by atoms with Crippen molar-refractivity contribution in [1.82, 2.24) is 19.7 Å². The van der Waals surface area contributed by atoms with Crippen molar-refractivity contribution in [2.24, 2.45) is 0 Å². The van der Waals surface area contributed by atoms with Crippen molar-refractivity contribution in [2.45, 2.75) is 39.9 Å². The highest BCUT2D eigenvalue weighted by atomic mass is 15.3. The topological polar surface area (TPSA) is 36.9 Å². The molecule has 0 fully saturated rings. The molecule has 0 unspecified atom stereocenters. The Morgan fingerprint density at radius 3 is 2.82 bits per heavy atom. The predicted molar refractivity (Wildman–Crippen MR) is 90.6 cm³/mol. The van der Waals surface area contributed by atoms with Gasteiger partial charge in [0.1, 0.15) is 0 Å². The second-order valence-electron chi connectivity index (χ2n) is 5.81. The van der Waals surface area contributed by atoms with Crippen LogP contribution in [0.3, 0.4) is 0 Å². The van der Waals surface area contributed by atoms with Crippen LogP contribution in [0.2, 0.25) is 0 Å². The molecule has 1 N–H and O–H groups in total. The Hall–Kier alpha value is -2.07. The maximum absolute atomic E-state index is 4.42. The summed E-state index contributed by atoms with van der Waals surface area (Å²) in [5, 5.41) is 5.70. The summed E-state index contributed by atoms with van der Waals surface area (Å²) in [5.41, 5.74) is 3.85. The molecule has 2 heterocycles. The Labute approximate surface area is 131 Å². The Kier molecular flexibility index (Phi) is 4.59. The summed E-state index contributed by atoms with van der Waals surface area (Å²) in [7, 11) is 0. The third-order valence-corrected chi connectivity index (χ3v) is 4.02. The lowest BCUT2D eigenvalue weighted by Crippen LogP contribution is -2.22. The lowest BCUT2D eigenvalue weighted by Gasteiger charge is -2.19.